The van der Waals surface area contributed by atoms with E-state index >= 15 is 0 Å². The number of carbonyl (C=O) groups is 2. The molecule has 2 heterocycles. The first-order valence-electron chi connectivity index (χ1n) is 11.0. The molecule has 2 aromatic carbocycles. The van der Waals surface area contributed by atoms with Crippen molar-refractivity contribution in [2.75, 3.05) is 31.5 Å². The molecule has 0 fully saturated rings. The minimum Gasteiger partial charge on any atom is -0.351 e. The van der Waals surface area contributed by atoms with Gasteiger partial charge < -0.3 is 20.5 Å². The zero-order chi connectivity index (χ0) is 22.5. The van der Waals surface area contributed by atoms with Crippen molar-refractivity contribution in [2.45, 2.75) is 21.3 Å². The lowest BCUT2D eigenvalue weighted by molar-refractivity contribution is -0.110. The maximum atomic E-state index is 12.6. The van der Waals surface area contributed by atoms with Gasteiger partial charge in [-0.05, 0) is 48.5 Å². The van der Waals surface area contributed by atoms with Crippen LogP contribution in [0, 0.1) is 0 Å². The molecule has 2 amide bonds. The van der Waals surface area contributed by atoms with Gasteiger partial charge in [0.25, 0.3) is 11.8 Å². The molecule has 0 saturated heterocycles. The predicted octanol–water partition coefficient (Wildman–Crippen LogP) is 4.88. The summed E-state index contributed by atoms with van der Waals surface area (Å²) in [4.78, 5) is 30.4. The van der Waals surface area contributed by atoms with Gasteiger partial charge >= 0.3 is 0 Å². The van der Waals surface area contributed by atoms with Crippen LogP contribution in [0.4, 0.5) is 5.69 Å². The van der Waals surface area contributed by atoms with Crippen molar-refractivity contribution in [3.05, 3.63) is 77.6 Å². The Bertz CT molecular complexity index is 1140. The maximum Gasteiger partial charge on any atom is 0.267 e. The Morgan fingerprint density at radius 2 is 1.76 bits per heavy atom. The van der Waals surface area contributed by atoms with Gasteiger partial charge in [-0.15, -0.1) is 0 Å². The van der Waals surface area contributed by atoms with E-state index in [1.807, 2.05) is 54.6 Å². The first-order valence-corrected chi connectivity index (χ1v) is 11.0. The summed E-state index contributed by atoms with van der Waals surface area (Å²) in [5.74, 6) is -0.296. The van der Waals surface area contributed by atoms with Crippen LogP contribution in [0.2, 0.25) is 0 Å². The zero-order valence-corrected chi connectivity index (χ0v) is 18.4. The number of aromatic nitrogens is 1. The van der Waals surface area contributed by atoms with E-state index in [0.29, 0.717) is 23.5 Å². The van der Waals surface area contributed by atoms with Crippen LogP contribution in [-0.2, 0) is 4.79 Å². The Balaban J connectivity index is 0.00000306. The standard InChI is InChI=1S/C26H28N4O2.CH4/c1-3-30(4-2)15-14-27-26(32)23-13-11-20(28-23)17-22-21-12-10-19(16-24(21)29-25(22)31)18-8-6-5-7-9-18;/h5-13,16-17,28H,3-4,14-15H2,1-2H3,(H,27,32)(H,29,31);1H4/b22-17-;. The molecule has 0 bridgehead atoms. The van der Waals surface area contributed by atoms with Gasteiger partial charge in [0.2, 0.25) is 0 Å². The van der Waals surface area contributed by atoms with E-state index in [4.69, 9.17) is 0 Å². The van der Waals surface area contributed by atoms with Crippen molar-refractivity contribution in [2.24, 2.45) is 0 Å². The number of amides is 2. The molecular weight excluding hydrogens is 412 g/mol. The normalized spacial score (nSPS) is 13.5. The van der Waals surface area contributed by atoms with Crippen LogP contribution in [0.25, 0.3) is 22.8 Å². The Labute approximate surface area is 195 Å². The van der Waals surface area contributed by atoms with E-state index in [1.54, 1.807) is 12.1 Å². The third kappa shape index (κ3) is 5.41. The number of nitrogens with zero attached hydrogens (tertiary/aromatic N) is 1. The topological polar surface area (TPSA) is 77.2 Å². The first kappa shape index (κ1) is 24.0. The van der Waals surface area contributed by atoms with Crippen molar-refractivity contribution in [1.29, 1.82) is 0 Å². The highest BCUT2D eigenvalue weighted by Gasteiger charge is 2.24. The second-order valence-electron chi connectivity index (χ2n) is 7.75. The third-order valence-electron chi connectivity index (χ3n) is 5.77. The lowest BCUT2D eigenvalue weighted by atomic mass is 10.00. The SMILES string of the molecule is C.CCN(CC)CCNC(=O)c1ccc(/C=C2\C(=O)Nc3cc(-c4ccccc4)ccc32)[nH]1. The molecule has 172 valence electrons. The second-order valence-corrected chi connectivity index (χ2v) is 7.75. The molecule has 3 aromatic rings. The van der Waals surface area contributed by atoms with E-state index in [2.05, 4.69) is 34.4 Å². The molecule has 1 aromatic heterocycles. The Morgan fingerprint density at radius 3 is 2.48 bits per heavy atom. The molecule has 1 aliphatic heterocycles. The molecule has 6 nitrogen and oxygen atoms in total. The molecule has 0 radical (unpaired) electrons. The van der Waals surface area contributed by atoms with E-state index in [-0.39, 0.29) is 19.2 Å². The highest BCUT2D eigenvalue weighted by Crippen LogP contribution is 2.36. The fourth-order valence-electron chi connectivity index (χ4n) is 3.89. The molecule has 0 saturated carbocycles. The largest absolute Gasteiger partial charge is 0.351 e. The molecule has 4 rings (SSSR count). The minimum absolute atomic E-state index is 0. The fraction of sp³-hybridized carbons (Fsp3) is 0.259. The van der Waals surface area contributed by atoms with Gasteiger partial charge in [0.05, 0.1) is 5.57 Å². The Kier molecular flexibility index (Phi) is 7.85. The van der Waals surface area contributed by atoms with Gasteiger partial charge in [0.15, 0.2) is 0 Å². The summed E-state index contributed by atoms with van der Waals surface area (Å²) in [6, 6.07) is 19.6. The van der Waals surface area contributed by atoms with Crippen LogP contribution in [0.3, 0.4) is 0 Å². The van der Waals surface area contributed by atoms with Crippen molar-refractivity contribution >= 4 is 29.2 Å². The predicted molar refractivity (Wildman–Crippen MR) is 136 cm³/mol. The van der Waals surface area contributed by atoms with Crippen LogP contribution in [-0.4, -0.2) is 47.9 Å². The summed E-state index contributed by atoms with van der Waals surface area (Å²) in [5.41, 5.74) is 5.57. The number of nitrogens with one attached hydrogen (secondary N) is 3. The van der Waals surface area contributed by atoms with Crippen LogP contribution in [0.15, 0.2) is 60.7 Å². The number of benzene rings is 2. The highest BCUT2D eigenvalue weighted by atomic mass is 16.2. The summed E-state index contributed by atoms with van der Waals surface area (Å²) < 4.78 is 0. The number of fused-ring (bicyclic) bond motifs is 1. The number of hydrogen-bond donors (Lipinski definition) is 3. The summed E-state index contributed by atoms with van der Waals surface area (Å²) in [6.07, 6.45) is 1.79. The van der Waals surface area contributed by atoms with Gasteiger partial charge in [0, 0.05) is 30.0 Å². The summed E-state index contributed by atoms with van der Waals surface area (Å²) in [7, 11) is 0. The molecule has 6 heteroatoms. The molecule has 1 aliphatic rings. The van der Waals surface area contributed by atoms with Gasteiger partial charge in [-0.2, -0.15) is 0 Å². The Morgan fingerprint density at radius 1 is 1.00 bits per heavy atom. The monoisotopic (exact) mass is 444 g/mol. The van der Waals surface area contributed by atoms with Crippen LogP contribution < -0.4 is 10.6 Å². The lowest BCUT2D eigenvalue weighted by Crippen LogP contribution is -2.34. The van der Waals surface area contributed by atoms with Crippen LogP contribution in [0.1, 0.15) is 43.0 Å². The number of anilines is 1. The molecule has 0 aliphatic carbocycles. The Hall–Kier alpha value is -3.64. The average molecular weight is 445 g/mol. The minimum atomic E-state index is -0.148. The van der Waals surface area contributed by atoms with E-state index < -0.39 is 0 Å². The maximum absolute atomic E-state index is 12.6. The van der Waals surface area contributed by atoms with Gasteiger partial charge in [0.1, 0.15) is 5.69 Å². The van der Waals surface area contributed by atoms with Crippen molar-refractivity contribution in [1.82, 2.24) is 15.2 Å². The van der Waals surface area contributed by atoms with Crippen molar-refractivity contribution in [3.8, 4) is 11.1 Å². The molecule has 0 spiro atoms. The highest BCUT2D eigenvalue weighted by molar-refractivity contribution is 6.35. The first-order chi connectivity index (χ1) is 15.6. The summed E-state index contributed by atoms with van der Waals surface area (Å²) in [5, 5.41) is 5.89. The zero-order valence-electron chi connectivity index (χ0n) is 18.4. The van der Waals surface area contributed by atoms with E-state index in [9.17, 15) is 9.59 Å². The number of aromatic amines is 1. The number of H-pyrrole nitrogens is 1. The average Bonchev–Trinajstić information content (AvgIpc) is 3.41. The number of hydrogen-bond acceptors (Lipinski definition) is 3. The summed E-state index contributed by atoms with van der Waals surface area (Å²) >= 11 is 0. The molecular formula is C27H32N4O2. The number of rotatable bonds is 8. The molecule has 0 atom stereocenters. The quantitative estimate of drug-likeness (QED) is 0.433. The number of likely N-dealkylation sites (N-methyl/N-ethyl adjacent to an activating group) is 1. The van der Waals surface area contributed by atoms with Crippen LogP contribution >= 0.6 is 0 Å². The smallest absolute Gasteiger partial charge is 0.267 e. The van der Waals surface area contributed by atoms with E-state index in [0.717, 1.165) is 42.0 Å². The molecule has 0 unspecified atom stereocenters. The van der Waals surface area contributed by atoms with Gasteiger partial charge in [-0.3, -0.25) is 9.59 Å². The van der Waals surface area contributed by atoms with Gasteiger partial charge in [-0.25, -0.2) is 0 Å². The number of carbonyl (C=O) groups excluding carboxylic acids is 2. The molecule has 33 heavy (non-hydrogen) atoms. The van der Waals surface area contributed by atoms with Gasteiger partial charge in [-0.1, -0.05) is 63.7 Å². The fourth-order valence-corrected chi connectivity index (χ4v) is 3.89. The van der Waals surface area contributed by atoms with E-state index in [1.165, 1.54) is 0 Å². The summed E-state index contributed by atoms with van der Waals surface area (Å²) in [6.45, 7) is 7.55. The van der Waals surface area contributed by atoms with Crippen LogP contribution in [0.5, 0.6) is 0 Å². The molecule has 3 N–H and O–H groups in total. The second kappa shape index (κ2) is 10.8. The third-order valence-corrected chi connectivity index (χ3v) is 5.77. The van der Waals surface area contributed by atoms with Crippen molar-refractivity contribution < 1.29 is 9.59 Å². The lowest BCUT2D eigenvalue weighted by Gasteiger charge is -2.17. The van der Waals surface area contributed by atoms with Crippen molar-refractivity contribution in [3.63, 3.8) is 0 Å².